The summed E-state index contributed by atoms with van der Waals surface area (Å²) in [5.41, 5.74) is 0. The predicted octanol–water partition coefficient (Wildman–Crippen LogP) is 0.215. The van der Waals surface area contributed by atoms with Gasteiger partial charge in [0.2, 0.25) is 5.91 Å². The van der Waals surface area contributed by atoms with Crippen molar-refractivity contribution in [3.63, 3.8) is 0 Å². The Morgan fingerprint density at radius 2 is 2.14 bits per heavy atom. The minimum atomic E-state index is -0.0429. The summed E-state index contributed by atoms with van der Waals surface area (Å²) in [6.45, 7) is 2.75. The third-order valence-corrected chi connectivity index (χ3v) is 2.12. The summed E-state index contributed by atoms with van der Waals surface area (Å²) in [4.78, 5) is 13.5. The predicted molar refractivity (Wildman–Crippen MR) is 57.1 cm³/mol. The maximum atomic E-state index is 11.6. The highest BCUT2D eigenvalue weighted by Crippen LogP contribution is 2.02. The van der Waals surface area contributed by atoms with Crippen LogP contribution in [0.5, 0.6) is 0 Å². The van der Waals surface area contributed by atoms with Crippen molar-refractivity contribution in [1.29, 1.82) is 0 Å². The smallest absolute Gasteiger partial charge is 0.237 e. The van der Waals surface area contributed by atoms with Gasteiger partial charge in [-0.2, -0.15) is 0 Å². The Labute approximate surface area is 86.3 Å². The van der Waals surface area contributed by atoms with Crippen molar-refractivity contribution in [2.24, 2.45) is 0 Å². The average molecular weight is 202 g/mol. The fourth-order valence-electron chi connectivity index (χ4n) is 1.31. The molecule has 0 rings (SSSR count). The summed E-state index contributed by atoms with van der Waals surface area (Å²) < 4.78 is 0. The molecule has 0 fully saturated rings. The molecule has 0 aromatic carbocycles. The summed E-state index contributed by atoms with van der Waals surface area (Å²) in [5.74, 6) is 0.0605. The van der Waals surface area contributed by atoms with Crippen LogP contribution in [-0.4, -0.2) is 49.2 Å². The Kier molecular flexibility index (Phi) is 7.42. The van der Waals surface area contributed by atoms with E-state index in [1.807, 2.05) is 19.0 Å². The molecule has 0 aliphatic heterocycles. The van der Waals surface area contributed by atoms with Gasteiger partial charge in [0.1, 0.15) is 0 Å². The van der Waals surface area contributed by atoms with Crippen molar-refractivity contribution >= 4 is 5.91 Å². The van der Waals surface area contributed by atoms with E-state index in [0.29, 0.717) is 13.0 Å². The lowest BCUT2D eigenvalue weighted by molar-refractivity contribution is -0.125. The van der Waals surface area contributed by atoms with E-state index in [4.69, 9.17) is 5.11 Å². The van der Waals surface area contributed by atoms with E-state index in [1.165, 1.54) is 0 Å². The van der Waals surface area contributed by atoms with Crippen LogP contribution in [0.4, 0.5) is 0 Å². The summed E-state index contributed by atoms with van der Waals surface area (Å²) in [6.07, 6.45) is 2.49. The molecule has 1 unspecified atom stereocenters. The van der Waals surface area contributed by atoms with Gasteiger partial charge in [-0.25, -0.2) is 0 Å². The second-order valence-corrected chi connectivity index (χ2v) is 3.64. The number of nitrogens with one attached hydrogen (secondary N) is 1. The monoisotopic (exact) mass is 202 g/mol. The number of rotatable bonds is 7. The van der Waals surface area contributed by atoms with Crippen molar-refractivity contribution in [3.8, 4) is 0 Å². The van der Waals surface area contributed by atoms with Gasteiger partial charge in [0.15, 0.2) is 0 Å². The Bertz CT molecular complexity index is 160. The third-order valence-electron chi connectivity index (χ3n) is 2.12. The van der Waals surface area contributed by atoms with E-state index in [-0.39, 0.29) is 18.6 Å². The van der Waals surface area contributed by atoms with Crippen LogP contribution in [0.1, 0.15) is 26.2 Å². The van der Waals surface area contributed by atoms with Crippen molar-refractivity contribution < 1.29 is 9.90 Å². The molecule has 0 heterocycles. The van der Waals surface area contributed by atoms with Gasteiger partial charge in [-0.3, -0.25) is 9.69 Å². The van der Waals surface area contributed by atoms with Crippen molar-refractivity contribution in [1.82, 2.24) is 10.2 Å². The minimum Gasteiger partial charge on any atom is -0.396 e. The molecule has 0 aromatic rings. The van der Waals surface area contributed by atoms with Crippen molar-refractivity contribution in [2.45, 2.75) is 32.2 Å². The first-order chi connectivity index (χ1) is 6.63. The number of likely N-dealkylation sites (N-methyl/N-ethyl adjacent to an activating group) is 1. The number of aliphatic hydroxyl groups excluding tert-OH is 1. The standard InChI is InChI=1S/C10H22N2O2/c1-4-6-9(12(2)3)10(14)11-7-5-8-13/h9,13H,4-8H2,1-3H3,(H,11,14). The first-order valence-electron chi connectivity index (χ1n) is 5.18. The molecule has 1 amide bonds. The SMILES string of the molecule is CCCC(C(=O)NCCCO)N(C)C. The Hall–Kier alpha value is -0.610. The molecule has 14 heavy (non-hydrogen) atoms. The quantitative estimate of drug-likeness (QED) is 0.580. The average Bonchev–Trinajstić information content (AvgIpc) is 2.13. The zero-order valence-corrected chi connectivity index (χ0v) is 9.42. The zero-order chi connectivity index (χ0) is 11.0. The first kappa shape index (κ1) is 13.4. The van der Waals surface area contributed by atoms with Crippen LogP contribution in [-0.2, 0) is 4.79 Å². The third kappa shape index (κ3) is 5.19. The zero-order valence-electron chi connectivity index (χ0n) is 9.42. The molecule has 4 heteroatoms. The molecule has 0 saturated carbocycles. The summed E-state index contributed by atoms with van der Waals surface area (Å²) in [5, 5.41) is 11.4. The van der Waals surface area contributed by atoms with E-state index in [0.717, 1.165) is 12.8 Å². The molecule has 0 aliphatic carbocycles. The molecule has 2 N–H and O–H groups in total. The number of hydrogen-bond donors (Lipinski definition) is 2. The van der Waals surface area contributed by atoms with Crippen LogP contribution in [0.2, 0.25) is 0 Å². The van der Waals surface area contributed by atoms with Gasteiger partial charge in [0.05, 0.1) is 6.04 Å². The molecule has 0 aromatic heterocycles. The highest BCUT2D eigenvalue weighted by atomic mass is 16.3. The Morgan fingerprint density at radius 3 is 2.57 bits per heavy atom. The topological polar surface area (TPSA) is 52.6 Å². The van der Waals surface area contributed by atoms with Gasteiger partial charge < -0.3 is 10.4 Å². The van der Waals surface area contributed by atoms with Crippen LogP contribution >= 0.6 is 0 Å². The highest BCUT2D eigenvalue weighted by Gasteiger charge is 2.18. The van der Waals surface area contributed by atoms with Gasteiger partial charge in [-0.15, -0.1) is 0 Å². The largest absolute Gasteiger partial charge is 0.396 e. The molecule has 1 atom stereocenters. The molecule has 0 saturated heterocycles. The fourth-order valence-corrected chi connectivity index (χ4v) is 1.31. The van der Waals surface area contributed by atoms with Crippen LogP contribution in [0, 0.1) is 0 Å². The van der Waals surface area contributed by atoms with Gasteiger partial charge >= 0.3 is 0 Å². The number of nitrogens with zero attached hydrogens (tertiary/aromatic N) is 1. The molecule has 0 aliphatic rings. The van der Waals surface area contributed by atoms with Crippen molar-refractivity contribution in [2.75, 3.05) is 27.2 Å². The molecular weight excluding hydrogens is 180 g/mol. The summed E-state index contributed by atoms with van der Waals surface area (Å²) >= 11 is 0. The minimum absolute atomic E-state index is 0.0429. The lowest BCUT2D eigenvalue weighted by Crippen LogP contribution is -2.43. The molecule has 4 nitrogen and oxygen atoms in total. The molecule has 0 radical (unpaired) electrons. The van der Waals surface area contributed by atoms with E-state index in [1.54, 1.807) is 0 Å². The number of amides is 1. The van der Waals surface area contributed by atoms with Gasteiger partial charge in [0, 0.05) is 13.2 Å². The Morgan fingerprint density at radius 1 is 1.50 bits per heavy atom. The molecule has 0 bridgehead atoms. The maximum absolute atomic E-state index is 11.6. The highest BCUT2D eigenvalue weighted by molar-refractivity contribution is 5.81. The second kappa shape index (κ2) is 7.76. The number of carbonyl (C=O) groups is 1. The van der Waals surface area contributed by atoms with E-state index in [9.17, 15) is 4.79 Å². The molecule has 0 spiro atoms. The number of aliphatic hydroxyl groups is 1. The number of hydrogen-bond acceptors (Lipinski definition) is 3. The fraction of sp³-hybridized carbons (Fsp3) is 0.900. The summed E-state index contributed by atoms with van der Waals surface area (Å²) in [6, 6.07) is -0.0429. The molecular formula is C10H22N2O2. The van der Waals surface area contributed by atoms with Gasteiger partial charge in [-0.1, -0.05) is 13.3 Å². The van der Waals surface area contributed by atoms with Crippen LogP contribution < -0.4 is 5.32 Å². The number of carbonyl (C=O) groups excluding carboxylic acids is 1. The van der Waals surface area contributed by atoms with Gasteiger partial charge in [-0.05, 0) is 26.9 Å². The van der Waals surface area contributed by atoms with E-state index < -0.39 is 0 Å². The lowest BCUT2D eigenvalue weighted by atomic mass is 10.1. The Balaban J connectivity index is 3.89. The maximum Gasteiger partial charge on any atom is 0.237 e. The molecule has 84 valence electrons. The van der Waals surface area contributed by atoms with Crippen molar-refractivity contribution in [3.05, 3.63) is 0 Å². The van der Waals surface area contributed by atoms with Gasteiger partial charge in [0.25, 0.3) is 0 Å². The van der Waals surface area contributed by atoms with Crippen LogP contribution in [0.15, 0.2) is 0 Å². The van der Waals surface area contributed by atoms with E-state index in [2.05, 4.69) is 12.2 Å². The second-order valence-electron chi connectivity index (χ2n) is 3.64. The van der Waals surface area contributed by atoms with E-state index >= 15 is 0 Å². The van der Waals surface area contributed by atoms with Crippen LogP contribution in [0.25, 0.3) is 0 Å². The lowest BCUT2D eigenvalue weighted by Gasteiger charge is -2.22. The summed E-state index contributed by atoms with van der Waals surface area (Å²) in [7, 11) is 3.82. The first-order valence-corrected chi connectivity index (χ1v) is 5.18. The van der Waals surface area contributed by atoms with Crippen LogP contribution in [0.3, 0.4) is 0 Å². The normalized spacial score (nSPS) is 12.9.